The van der Waals surface area contributed by atoms with Crippen LogP contribution in [-0.4, -0.2) is 25.8 Å². The third-order valence-corrected chi connectivity index (χ3v) is 2.51. The van der Waals surface area contributed by atoms with Crippen molar-refractivity contribution in [2.75, 3.05) is 5.32 Å². The first-order valence-electron chi connectivity index (χ1n) is 5.31. The van der Waals surface area contributed by atoms with Crippen LogP contribution in [0.5, 0.6) is 0 Å². The lowest BCUT2D eigenvalue weighted by atomic mass is 9.96. The van der Waals surface area contributed by atoms with Gasteiger partial charge in [0.1, 0.15) is 5.52 Å². The second-order valence-electron chi connectivity index (χ2n) is 4.92. The van der Waals surface area contributed by atoms with Crippen LogP contribution in [-0.2, 0) is 4.79 Å². The van der Waals surface area contributed by atoms with Crippen LogP contribution in [0.1, 0.15) is 20.8 Å². The number of carbonyl (C=O) groups excluding carboxylic acids is 1. The van der Waals surface area contributed by atoms with Crippen molar-refractivity contribution in [3.63, 3.8) is 0 Å². The number of rotatable bonds is 1. The van der Waals surface area contributed by atoms with Crippen molar-refractivity contribution < 1.29 is 4.79 Å². The molecule has 0 fully saturated rings. The van der Waals surface area contributed by atoms with Gasteiger partial charge in [-0.05, 0) is 12.2 Å². The van der Waals surface area contributed by atoms with Crippen LogP contribution in [0, 0.1) is 10.2 Å². The molecule has 8 heteroatoms. The Morgan fingerprint density at radius 1 is 1.28 bits per heavy atom. The van der Waals surface area contributed by atoms with Crippen molar-refractivity contribution in [2.45, 2.75) is 20.8 Å². The van der Waals surface area contributed by atoms with E-state index in [9.17, 15) is 9.59 Å². The van der Waals surface area contributed by atoms with E-state index in [1.165, 1.54) is 0 Å². The first-order chi connectivity index (χ1) is 8.27. The molecule has 7 nitrogen and oxygen atoms in total. The van der Waals surface area contributed by atoms with Crippen LogP contribution in [0.25, 0.3) is 11.2 Å². The summed E-state index contributed by atoms with van der Waals surface area (Å²) in [6, 6.07) is 0. The van der Waals surface area contributed by atoms with Gasteiger partial charge < -0.3 is 9.97 Å². The van der Waals surface area contributed by atoms with Gasteiger partial charge in [0.2, 0.25) is 11.9 Å². The number of aromatic amines is 3. The zero-order valence-corrected chi connectivity index (χ0v) is 11.0. The number of H-pyrrole nitrogens is 3. The average Bonchev–Trinajstić information content (AvgIpc) is 2.57. The topological polar surface area (TPSA) is 106 Å². The molecule has 18 heavy (non-hydrogen) atoms. The fraction of sp³-hybridized carbons (Fsp3) is 0.400. The highest BCUT2D eigenvalue weighted by atomic mass is 32.1. The van der Waals surface area contributed by atoms with E-state index in [0.717, 1.165) is 0 Å². The number of hydrogen-bond donors (Lipinski definition) is 4. The Morgan fingerprint density at radius 3 is 2.56 bits per heavy atom. The molecular formula is C10H13N5O2S. The lowest BCUT2D eigenvalue weighted by Gasteiger charge is -2.16. The van der Waals surface area contributed by atoms with Crippen LogP contribution in [0.3, 0.4) is 0 Å². The van der Waals surface area contributed by atoms with Crippen LogP contribution >= 0.6 is 12.2 Å². The number of anilines is 1. The van der Waals surface area contributed by atoms with E-state index in [0.29, 0.717) is 10.4 Å². The molecule has 2 aromatic rings. The van der Waals surface area contributed by atoms with Crippen LogP contribution in [0.15, 0.2) is 4.79 Å². The molecule has 0 aliphatic rings. The van der Waals surface area contributed by atoms with E-state index in [1.807, 2.05) is 0 Å². The molecule has 2 heterocycles. The fourth-order valence-electron chi connectivity index (χ4n) is 1.29. The van der Waals surface area contributed by atoms with Gasteiger partial charge in [0, 0.05) is 5.41 Å². The number of imidazole rings is 1. The summed E-state index contributed by atoms with van der Waals surface area (Å²) in [6.07, 6.45) is 0. The smallest absolute Gasteiger partial charge is 0.278 e. The molecule has 0 spiro atoms. The first-order valence-corrected chi connectivity index (χ1v) is 5.72. The predicted octanol–water partition coefficient (Wildman–Crippen LogP) is 1.29. The molecule has 0 atom stereocenters. The molecule has 0 unspecified atom stereocenters. The number of nitrogens with one attached hydrogen (secondary N) is 4. The molecule has 0 radical (unpaired) electrons. The summed E-state index contributed by atoms with van der Waals surface area (Å²) >= 11 is 4.87. The summed E-state index contributed by atoms with van der Waals surface area (Å²) in [5, 5.41) is 2.55. The maximum atomic E-state index is 11.8. The Morgan fingerprint density at radius 2 is 1.94 bits per heavy atom. The average molecular weight is 267 g/mol. The highest BCUT2D eigenvalue weighted by Gasteiger charge is 2.22. The number of amides is 1. The SMILES string of the molecule is CC(C)(C)C(=O)Nc1nc2[nH]c(=S)[nH]c2c(=O)[nH]1. The second-order valence-corrected chi connectivity index (χ2v) is 5.33. The van der Waals surface area contributed by atoms with Gasteiger partial charge in [-0.3, -0.25) is 19.9 Å². The minimum atomic E-state index is -0.571. The van der Waals surface area contributed by atoms with E-state index in [-0.39, 0.29) is 17.4 Å². The molecule has 0 saturated heterocycles. The van der Waals surface area contributed by atoms with Crippen molar-refractivity contribution in [1.82, 2.24) is 19.9 Å². The summed E-state index contributed by atoms with van der Waals surface area (Å²) < 4.78 is 0.308. The second kappa shape index (κ2) is 4.05. The number of fused-ring (bicyclic) bond motifs is 1. The summed E-state index contributed by atoms with van der Waals surface area (Å²) in [6.45, 7) is 5.30. The Labute approximate surface area is 107 Å². The third-order valence-electron chi connectivity index (χ3n) is 2.30. The molecule has 2 aromatic heterocycles. The summed E-state index contributed by atoms with van der Waals surface area (Å²) in [7, 11) is 0. The van der Waals surface area contributed by atoms with Gasteiger partial charge in [-0.15, -0.1) is 0 Å². The normalized spacial score (nSPS) is 11.7. The molecule has 0 aromatic carbocycles. The van der Waals surface area contributed by atoms with Crippen molar-refractivity contribution >= 4 is 35.2 Å². The van der Waals surface area contributed by atoms with E-state index >= 15 is 0 Å². The molecule has 96 valence electrons. The minimum absolute atomic E-state index is 0.0951. The van der Waals surface area contributed by atoms with Gasteiger partial charge in [-0.25, -0.2) is 0 Å². The maximum absolute atomic E-state index is 11.8. The van der Waals surface area contributed by atoms with Crippen molar-refractivity contribution in [1.29, 1.82) is 0 Å². The molecular weight excluding hydrogens is 254 g/mol. The van der Waals surface area contributed by atoms with Crippen molar-refractivity contribution in [2.24, 2.45) is 5.41 Å². The molecule has 0 saturated carbocycles. The van der Waals surface area contributed by atoms with Gasteiger partial charge in [0.05, 0.1) is 0 Å². The van der Waals surface area contributed by atoms with Gasteiger partial charge in [0.15, 0.2) is 10.4 Å². The van der Waals surface area contributed by atoms with Crippen LogP contribution in [0.4, 0.5) is 5.95 Å². The standard InChI is InChI=1S/C10H13N5O2S/c1-10(2,3)7(17)15-8-12-5-4(6(16)14-8)11-9(18)13-5/h1-3H3,(H4,11,12,13,14,15,16,17,18). The van der Waals surface area contributed by atoms with Gasteiger partial charge in [-0.1, -0.05) is 20.8 Å². The molecule has 2 rings (SSSR count). The van der Waals surface area contributed by atoms with E-state index in [2.05, 4.69) is 25.3 Å². The summed E-state index contributed by atoms with van der Waals surface area (Å²) in [4.78, 5) is 35.4. The highest BCUT2D eigenvalue weighted by molar-refractivity contribution is 7.71. The zero-order chi connectivity index (χ0) is 13.5. The van der Waals surface area contributed by atoms with Gasteiger partial charge >= 0.3 is 0 Å². The monoisotopic (exact) mass is 267 g/mol. The number of hydrogen-bond acceptors (Lipinski definition) is 4. The van der Waals surface area contributed by atoms with Gasteiger partial charge in [-0.2, -0.15) is 4.98 Å². The Kier molecular flexibility index (Phi) is 2.81. The van der Waals surface area contributed by atoms with E-state index < -0.39 is 11.0 Å². The minimum Gasteiger partial charge on any atom is -0.325 e. The summed E-state index contributed by atoms with van der Waals surface area (Å²) in [5.41, 5.74) is -0.392. The third kappa shape index (κ3) is 2.33. The summed E-state index contributed by atoms with van der Waals surface area (Å²) in [5.74, 6) is -0.142. The number of carbonyl (C=O) groups is 1. The van der Waals surface area contributed by atoms with Crippen LogP contribution in [0.2, 0.25) is 0 Å². The van der Waals surface area contributed by atoms with Crippen LogP contribution < -0.4 is 10.9 Å². The van der Waals surface area contributed by atoms with Crippen molar-refractivity contribution in [3.05, 3.63) is 15.1 Å². The van der Waals surface area contributed by atoms with Crippen molar-refractivity contribution in [3.8, 4) is 0 Å². The number of aromatic nitrogens is 4. The fourth-order valence-corrected chi connectivity index (χ4v) is 1.48. The number of nitrogens with zero attached hydrogens (tertiary/aromatic N) is 1. The quantitative estimate of drug-likeness (QED) is 0.584. The Hall–Kier alpha value is -1.96. The molecule has 0 aliphatic carbocycles. The molecule has 1 amide bonds. The van der Waals surface area contributed by atoms with E-state index in [4.69, 9.17) is 12.2 Å². The Balaban J connectivity index is 2.44. The molecule has 0 bridgehead atoms. The lowest BCUT2D eigenvalue weighted by molar-refractivity contribution is -0.123. The highest BCUT2D eigenvalue weighted by Crippen LogP contribution is 2.15. The van der Waals surface area contributed by atoms with Gasteiger partial charge in [0.25, 0.3) is 5.56 Å². The zero-order valence-electron chi connectivity index (χ0n) is 10.2. The van der Waals surface area contributed by atoms with E-state index in [1.54, 1.807) is 20.8 Å². The largest absolute Gasteiger partial charge is 0.325 e. The Bertz CT molecular complexity index is 718. The first kappa shape index (κ1) is 12.5. The lowest BCUT2D eigenvalue weighted by Crippen LogP contribution is -2.29. The predicted molar refractivity (Wildman–Crippen MR) is 70.0 cm³/mol. The molecule has 4 N–H and O–H groups in total. The maximum Gasteiger partial charge on any atom is 0.278 e. The molecule has 0 aliphatic heterocycles.